The quantitative estimate of drug-likeness (QED) is 0.481. The summed E-state index contributed by atoms with van der Waals surface area (Å²) in [6, 6.07) is 0. The van der Waals surface area contributed by atoms with Gasteiger partial charge in [-0.1, -0.05) is 11.8 Å². The van der Waals surface area contributed by atoms with Crippen molar-refractivity contribution in [3.63, 3.8) is 0 Å². The maximum atomic E-state index is 10.4. The van der Waals surface area contributed by atoms with E-state index in [2.05, 4.69) is 21.3 Å². The first-order chi connectivity index (χ1) is 6.16. The molecule has 0 aliphatic heterocycles. The van der Waals surface area contributed by atoms with Crippen LogP contribution in [0.5, 0.6) is 0 Å². The third-order valence-electron chi connectivity index (χ3n) is 1.93. The van der Waals surface area contributed by atoms with Gasteiger partial charge >= 0.3 is 6.16 Å². The van der Waals surface area contributed by atoms with Gasteiger partial charge < -0.3 is 14.6 Å². The summed E-state index contributed by atoms with van der Waals surface area (Å²) in [5, 5.41) is 9.49. The molecule has 0 heterocycles. The molecule has 0 saturated heterocycles. The normalized spacial score (nSPS) is 17.7. The number of hydrogen-bond donors (Lipinski definition) is 1. The van der Waals surface area contributed by atoms with Gasteiger partial charge in [0.1, 0.15) is 5.60 Å². The highest BCUT2D eigenvalue weighted by Gasteiger charge is 2.31. The predicted molar refractivity (Wildman–Crippen MR) is 44.9 cm³/mol. The molecule has 0 aromatic rings. The molecule has 0 bridgehead atoms. The fourth-order valence-electron chi connectivity index (χ4n) is 0.991. The van der Waals surface area contributed by atoms with E-state index >= 15 is 0 Å². The van der Waals surface area contributed by atoms with Crippen LogP contribution in [-0.4, -0.2) is 30.6 Å². The summed E-state index contributed by atoms with van der Waals surface area (Å²) < 4.78 is 8.74. The Labute approximate surface area is 76.8 Å². The summed E-state index contributed by atoms with van der Waals surface area (Å²) in [5.41, 5.74) is -0.834. The zero-order valence-electron chi connectivity index (χ0n) is 7.50. The number of rotatable bonds is 1. The highest BCUT2D eigenvalue weighted by molar-refractivity contribution is 5.59. The molecule has 0 spiro atoms. The molecule has 0 aromatic carbocycles. The van der Waals surface area contributed by atoms with Crippen LogP contribution in [0.1, 0.15) is 19.3 Å². The van der Waals surface area contributed by atoms with Crippen molar-refractivity contribution in [3.8, 4) is 11.8 Å². The molecule has 72 valence electrons. The monoisotopic (exact) mass is 184 g/mol. The summed E-state index contributed by atoms with van der Waals surface area (Å²) in [6.45, 7) is -0.0328. The minimum Gasteiger partial charge on any atom is -0.438 e. The molecule has 0 aromatic heterocycles. The highest BCUT2D eigenvalue weighted by Crippen LogP contribution is 2.30. The molecule has 0 radical (unpaired) electrons. The topological polar surface area (TPSA) is 55.8 Å². The number of aliphatic hydroxyl groups is 1. The third kappa shape index (κ3) is 2.96. The first-order valence-electron chi connectivity index (χ1n) is 4.09. The molecular weight excluding hydrogens is 172 g/mol. The van der Waals surface area contributed by atoms with Crippen LogP contribution in [0.4, 0.5) is 4.79 Å². The third-order valence-corrected chi connectivity index (χ3v) is 1.93. The van der Waals surface area contributed by atoms with Crippen LogP contribution in [0.2, 0.25) is 0 Å². The second kappa shape index (κ2) is 4.15. The fraction of sp³-hybridized carbons (Fsp3) is 0.667. The average Bonchev–Trinajstić information content (AvgIpc) is 2.09. The molecule has 13 heavy (non-hydrogen) atoms. The van der Waals surface area contributed by atoms with E-state index in [9.17, 15) is 9.90 Å². The Morgan fingerprint density at radius 2 is 2.31 bits per heavy atom. The van der Waals surface area contributed by atoms with E-state index in [1.165, 1.54) is 7.11 Å². The molecule has 1 aliphatic rings. The molecule has 0 atom stereocenters. The average molecular weight is 184 g/mol. The molecule has 1 saturated carbocycles. The van der Waals surface area contributed by atoms with Crippen LogP contribution in [0.15, 0.2) is 0 Å². The van der Waals surface area contributed by atoms with Gasteiger partial charge in [0.2, 0.25) is 0 Å². The lowest BCUT2D eigenvalue weighted by Crippen LogP contribution is -2.34. The zero-order chi connectivity index (χ0) is 9.73. The fourth-order valence-corrected chi connectivity index (χ4v) is 0.991. The summed E-state index contributed by atoms with van der Waals surface area (Å²) in [7, 11) is 1.23. The van der Waals surface area contributed by atoms with E-state index in [0.29, 0.717) is 12.8 Å². The molecule has 4 heteroatoms. The smallest absolute Gasteiger partial charge is 0.438 e. The zero-order valence-corrected chi connectivity index (χ0v) is 7.50. The molecule has 1 N–H and O–H groups in total. The van der Waals surface area contributed by atoms with Crippen LogP contribution in [-0.2, 0) is 9.47 Å². The summed E-state index contributed by atoms with van der Waals surface area (Å²) >= 11 is 0. The Morgan fingerprint density at radius 1 is 1.62 bits per heavy atom. The minimum atomic E-state index is -0.834. The van der Waals surface area contributed by atoms with Gasteiger partial charge in [-0.15, -0.1) is 0 Å². The molecule has 1 rings (SSSR count). The van der Waals surface area contributed by atoms with E-state index in [4.69, 9.17) is 0 Å². The summed E-state index contributed by atoms with van der Waals surface area (Å²) in [6.07, 6.45) is 1.66. The van der Waals surface area contributed by atoms with Crippen LogP contribution < -0.4 is 0 Å². The van der Waals surface area contributed by atoms with E-state index < -0.39 is 11.8 Å². The first kappa shape index (κ1) is 9.87. The van der Waals surface area contributed by atoms with Crippen LogP contribution in [0.3, 0.4) is 0 Å². The Hall–Kier alpha value is -1.21. The Balaban J connectivity index is 2.20. The standard InChI is InChI=1S/C9H12O4/c1-12-8(10)13-7-3-6-9(11)4-2-5-9/h11H,2,4-5,7H2,1H3. The maximum absolute atomic E-state index is 10.4. The summed E-state index contributed by atoms with van der Waals surface area (Å²) in [5.74, 6) is 5.22. The molecular formula is C9H12O4. The van der Waals surface area contributed by atoms with Gasteiger partial charge in [-0.25, -0.2) is 4.79 Å². The molecule has 0 unspecified atom stereocenters. The molecule has 4 nitrogen and oxygen atoms in total. The highest BCUT2D eigenvalue weighted by atomic mass is 16.7. The van der Waals surface area contributed by atoms with Crippen molar-refractivity contribution >= 4 is 6.16 Å². The summed E-state index contributed by atoms with van der Waals surface area (Å²) in [4.78, 5) is 10.4. The Bertz CT molecular complexity index is 244. The number of ether oxygens (including phenoxy) is 2. The van der Waals surface area contributed by atoms with E-state index in [-0.39, 0.29) is 6.61 Å². The van der Waals surface area contributed by atoms with Gasteiger partial charge in [-0.3, -0.25) is 0 Å². The second-order valence-corrected chi connectivity index (χ2v) is 2.93. The largest absolute Gasteiger partial charge is 0.508 e. The van der Waals surface area contributed by atoms with E-state index in [0.717, 1.165) is 6.42 Å². The first-order valence-corrected chi connectivity index (χ1v) is 4.09. The Morgan fingerprint density at radius 3 is 2.77 bits per heavy atom. The van der Waals surface area contributed by atoms with Crippen molar-refractivity contribution in [2.45, 2.75) is 24.9 Å². The predicted octanol–water partition coefficient (Wildman–Crippen LogP) is 0.688. The van der Waals surface area contributed by atoms with Gasteiger partial charge in [0.25, 0.3) is 0 Å². The van der Waals surface area contributed by atoms with Gasteiger partial charge in [-0.2, -0.15) is 0 Å². The SMILES string of the molecule is COC(=O)OCC#CC1(O)CCC1. The van der Waals surface area contributed by atoms with Crippen molar-refractivity contribution in [1.82, 2.24) is 0 Å². The van der Waals surface area contributed by atoms with Gasteiger partial charge in [0, 0.05) is 0 Å². The minimum absolute atomic E-state index is 0.0328. The van der Waals surface area contributed by atoms with Crippen molar-refractivity contribution in [2.75, 3.05) is 13.7 Å². The lowest BCUT2D eigenvalue weighted by atomic mass is 9.81. The maximum Gasteiger partial charge on any atom is 0.508 e. The lowest BCUT2D eigenvalue weighted by molar-refractivity contribution is 0.0235. The van der Waals surface area contributed by atoms with Crippen molar-refractivity contribution in [3.05, 3.63) is 0 Å². The van der Waals surface area contributed by atoms with Crippen LogP contribution >= 0.6 is 0 Å². The van der Waals surface area contributed by atoms with Gasteiger partial charge in [0.15, 0.2) is 6.61 Å². The lowest BCUT2D eigenvalue weighted by Gasteiger charge is -2.30. The molecule has 1 aliphatic carbocycles. The van der Waals surface area contributed by atoms with Crippen LogP contribution in [0, 0.1) is 11.8 Å². The van der Waals surface area contributed by atoms with Gasteiger partial charge in [-0.05, 0) is 19.3 Å². The number of carbonyl (C=O) groups excluding carboxylic acids is 1. The second-order valence-electron chi connectivity index (χ2n) is 2.93. The molecule has 0 amide bonds. The van der Waals surface area contributed by atoms with Crippen LogP contribution in [0.25, 0.3) is 0 Å². The van der Waals surface area contributed by atoms with Crippen molar-refractivity contribution in [2.24, 2.45) is 0 Å². The Kier molecular flexibility index (Phi) is 3.15. The van der Waals surface area contributed by atoms with Crippen molar-refractivity contribution in [1.29, 1.82) is 0 Å². The number of hydrogen-bond acceptors (Lipinski definition) is 4. The van der Waals surface area contributed by atoms with E-state index in [1.807, 2.05) is 0 Å². The van der Waals surface area contributed by atoms with Gasteiger partial charge in [0.05, 0.1) is 7.11 Å². The number of methoxy groups -OCH3 is 1. The number of carbonyl (C=O) groups is 1. The van der Waals surface area contributed by atoms with E-state index in [1.54, 1.807) is 0 Å². The molecule has 1 fully saturated rings. The van der Waals surface area contributed by atoms with Crippen molar-refractivity contribution < 1.29 is 19.4 Å².